The molecule has 0 saturated carbocycles. The van der Waals surface area contributed by atoms with Gasteiger partial charge >= 0.3 is 0 Å². The lowest BCUT2D eigenvalue weighted by Crippen LogP contribution is -2.34. The minimum Gasteiger partial charge on any atom is -0.381 e. The number of carbonyl (C=O) groups is 2. The lowest BCUT2D eigenvalue weighted by atomic mass is 9.87. The topological polar surface area (TPSA) is 58.6 Å². The van der Waals surface area contributed by atoms with Crippen molar-refractivity contribution < 1.29 is 14.3 Å². The van der Waals surface area contributed by atoms with E-state index in [1.54, 1.807) is 0 Å². The Morgan fingerprint density at radius 1 is 0.879 bits per heavy atom. The Kier molecular flexibility index (Phi) is 8.09. The zero-order valence-corrected chi connectivity index (χ0v) is 20.5. The van der Waals surface area contributed by atoms with Crippen LogP contribution in [-0.2, 0) is 19.7 Å². The molecule has 0 spiro atoms. The summed E-state index contributed by atoms with van der Waals surface area (Å²) >= 11 is 0. The number of carbonyl (C=O) groups excluding carboxylic acids is 2. The molecule has 3 rings (SSSR count). The van der Waals surface area contributed by atoms with Gasteiger partial charge in [-0.1, -0.05) is 76.1 Å². The van der Waals surface area contributed by atoms with E-state index in [1.165, 1.54) is 10.5 Å². The number of nitrogens with one attached hydrogen (secondary N) is 1. The molecule has 0 fully saturated rings. The highest BCUT2D eigenvalue weighted by atomic mass is 16.5. The van der Waals surface area contributed by atoms with E-state index in [-0.39, 0.29) is 17.2 Å². The number of amides is 2. The number of nitrogens with zero attached hydrogens (tertiary/aromatic N) is 1. The number of hydrogen-bond acceptors (Lipinski definition) is 4. The Morgan fingerprint density at radius 2 is 1.52 bits per heavy atom. The number of ether oxygens (including phenoxy) is 1. The van der Waals surface area contributed by atoms with Gasteiger partial charge in [-0.2, -0.15) is 0 Å². The summed E-state index contributed by atoms with van der Waals surface area (Å²) in [6, 6.07) is 15.8. The third kappa shape index (κ3) is 6.11. The number of benzene rings is 2. The van der Waals surface area contributed by atoms with Gasteiger partial charge in [-0.25, -0.2) is 0 Å². The van der Waals surface area contributed by atoms with Crippen LogP contribution in [0.25, 0.3) is 5.57 Å². The molecule has 1 heterocycles. The molecule has 5 heteroatoms. The summed E-state index contributed by atoms with van der Waals surface area (Å²) in [5.74, 6) is -0.546. The smallest absolute Gasteiger partial charge is 0.278 e. The Balaban J connectivity index is 1.83. The second-order valence-electron chi connectivity index (χ2n) is 9.65. The van der Waals surface area contributed by atoms with Crippen LogP contribution in [0.5, 0.6) is 0 Å². The van der Waals surface area contributed by atoms with E-state index in [0.29, 0.717) is 37.4 Å². The van der Waals surface area contributed by atoms with Crippen LogP contribution in [0.1, 0.15) is 63.6 Å². The van der Waals surface area contributed by atoms with Gasteiger partial charge in [0, 0.05) is 25.4 Å². The van der Waals surface area contributed by atoms with Crippen LogP contribution < -0.4 is 5.32 Å². The standard InChI is InChI=1S/C28H36N2O3/c1-6-7-18-33-19-8-17-30-26(31)24(21-11-9-20(2)10-12-21)25(27(30)32)29-23-15-13-22(14-16-23)28(3,4)5/h9-16,29H,6-8,17-19H2,1-5H3. The molecule has 2 aromatic carbocycles. The molecule has 0 radical (unpaired) electrons. The van der Waals surface area contributed by atoms with E-state index in [2.05, 4.69) is 45.1 Å². The normalized spacial score (nSPS) is 14.4. The van der Waals surface area contributed by atoms with Crippen LogP contribution >= 0.6 is 0 Å². The highest BCUT2D eigenvalue weighted by Crippen LogP contribution is 2.31. The summed E-state index contributed by atoms with van der Waals surface area (Å²) in [6.45, 7) is 12.2. The van der Waals surface area contributed by atoms with Crippen molar-refractivity contribution in [3.63, 3.8) is 0 Å². The van der Waals surface area contributed by atoms with E-state index in [4.69, 9.17) is 4.74 Å². The second-order valence-corrected chi connectivity index (χ2v) is 9.65. The quantitative estimate of drug-likeness (QED) is 0.375. The van der Waals surface area contributed by atoms with E-state index < -0.39 is 0 Å². The van der Waals surface area contributed by atoms with Gasteiger partial charge in [-0.15, -0.1) is 0 Å². The fourth-order valence-corrected chi connectivity index (χ4v) is 3.75. The molecule has 0 bridgehead atoms. The number of rotatable bonds is 10. The first kappa shape index (κ1) is 24.7. The average Bonchev–Trinajstić information content (AvgIpc) is 3.00. The highest BCUT2D eigenvalue weighted by Gasteiger charge is 2.38. The Bertz CT molecular complexity index is 999. The van der Waals surface area contributed by atoms with Crippen molar-refractivity contribution in [1.82, 2.24) is 4.90 Å². The maximum atomic E-state index is 13.3. The first-order valence-electron chi connectivity index (χ1n) is 11.8. The number of hydrogen-bond donors (Lipinski definition) is 1. The summed E-state index contributed by atoms with van der Waals surface area (Å²) in [5.41, 5.74) is 4.64. The van der Waals surface area contributed by atoms with E-state index in [1.807, 2.05) is 43.3 Å². The largest absolute Gasteiger partial charge is 0.381 e. The van der Waals surface area contributed by atoms with Crippen molar-refractivity contribution in [3.05, 3.63) is 70.9 Å². The molecule has 1 aliphatic heterocycles. The first-order chi connectivity index (χ1) is 15.7. The maximum absolute atomic E-state index is 13.3. The molecule has 5 nitrogen and oxygen atoms in total. The van der Waals surface area contributed by atoms with Crippen molar-refractivity contribution >= 4 is 23.1 Å². The monoisotopic (exact) mass is 448 g/mol. The number of aryl methyl sites for hydroxylation is 1. The summed E-state index contributed by atoms with van der Waals surface area (Å²) in [6.07, 6.45) is 2.72. The van der Waals surface area contributed by atoms with E-state index in [0.717, 1.165) is 29.7 Å². The van der Waals surface area contributed by atoms with Gasteiger partial charge in [-0.3, -0.25) is 14.5 Å². The van der Waals surface area contributed by atoms with Crippen molar-refractivity contribution in [2.75, 3.05) is 25.1 Å². The van der Waals surface area contributed by atoms with Crippen molar-refractivity contribution in [2.45, 2.75) is 59.3 Å². The SMILES string of the molecule is CCCCOCCCN1C(=O)C(Nc2ccc(C(C)(C)C)cc2)=C(c2ccc(C)cc2)C1=O. The van der Waals surface area contributed by atoms with Gasteiger partial charge in [0.25, 0.3) is 11.8 Å². The minimum atomic E-state index is -0.288. The molecule has 2 aromatic rings. The van der Waals surface area contributed by atoms with Crippen LogP contribution in [0.3, 0.4) is 0 Å². The van der Waals surface area contributed by atoms with E-state index in [9.17, 15) is 9.59 Å². The van der Waals surface area contributed by atoms with Crippen molar-refractivity contribution in [2.24, 2.45) is 0 Å². The predicted octanol–water partition coefficient (Wildman–Crippen LogP) is 5.69. The lowest BCUT2D eigenvalue weighted by molar-refractivity contribution is -0.137. The summed E-state index contributed by atoms with van der Waals surface area (Å²) in [4.78, 5) is 28.0. The van der Waals surface area contributed by atoms with Gasteiger partial charge in [0.15, 0.2) is 0 Å². The van der Waals surface area contributed by atoms with Crippen molar-refractivity contribution in [3.8, 4) is 0 Å². The van der Waals surface area contributed by atoms with Crippen LogP contribution in [0.15, 0.2) is 54.2 Å². The third-order valence-electron chi connectivity index (χ3n) is 5.84. The van der Waals surface area contributed by atoms with Crippen LogP contribution in [0, 0.1) is 6.92 Å². The molecule has 1 aliphatic rings. The molecule has 2 amide bonds. The van der Waals surface area contributed by atoms with Crippen molar-refractivity contribution in [1.29, 1.82) is 0 Å². The molecule has 0 atom stereocenters. The molecule has 0 aliphatic carbocycles. The average molecular weight is 449 g/mol. The lowest BCUT2D eigenvalue weighted by Gasteiger charge is -2.19. The second kappa shape index (κ2) is 10.8. The molecular weight excluding hydrogens is 412 g/mol. The molecule has 33 heavy (non-hydrogen) atoms. The summed E-state index contributed by atoms with van der Waals surface area (Å²) in [7, 11) is 0. The van der Waals surface area contributed by atoms with Gasteiger partial charge < -0.3 is 10.1 Å². The Hall–Kier alpha value is -2.92. The zero-order valence-electron chi connectivity index (χ0n) is 20.5. The van der Waals surface area contributed by atoms with Gasteiger partial charge in [0.05, 0.1) is 5.57 Å². The summed E-state index contributed by atoms with van der Waals surface area (Å²) in [5, 5.41) is 3.25. The Morgan fingerprint density at radius 3 is 2.12 bits per heavy atom. The fourth-order valence-electron chi connectivity index (χ4n) is 3.75. The zero-order chi connectivity index (χ0) is 24.0. The third-order valence-corrected chi connectivity index (χ3v) is 5.84. The minimum absolute atomic E-state index is 0.0417. The summed E-state index contributed by atoms with van der Waals surface area (Å²) < 4.78 is 5.61. The number of anilines is 1. The molecule has 1 N–H and O–H groups in total. The van der Waals surface area contributed by atoms with E-state index >= 15 is 0 Å². The van der Waals surface area contributed by atoms with Gasteiger partial charge in [0.1, 0.15) is 5.70 Å². The molecule has 0 saturated heterocycles. The van der Waals surface area contributed by atoms with Gasteiger partial charge in [-0.05, 0) is 48.4 Å². The Labute approximate surface area is 197 Å². The molecule has 176 valence electrons. The number of imide groups is 1. The van der Waals surface area contributed by atoms with Crippen LogP contribution in [0.2, 0.25) is 0 Å². The maximum Gasteiger partial charge on any atom is 0.278 e. The number of unbranched alkanes of at least 4 members (excludes halogenated alkanes) is 1. The molecule has 0 unspecified atom stereocenters. The predicted molar refractivity (Wildman–Crippen MR) is 134 cm³/mol. The molecule has 0 aromatic heterocycles. The first-order valence-corrected chi connectivity index (χ1v) is 11.8. The fraction of sp³-hybridized carbons (Fsp3) is 0.429. The highest BCUT2D eigenvalue weighted by molar-refractivity contribution is 6.36. The van der Waals surface area contributed by atoms with Crippen LogP contribution in [0.4, 0.5) is 5.69 Å². The molecular formula is C28H36N2O3. The van der Waals surface area contributed by atoms with Crippen LogP contribution in [-0.4, -0.2) is 36.5 Å². The van der Waals surface area contributed by atoms with Gasteiger partial charge in [0.2, 0.25) is 0 Å².